The van der Waals surface area contributed by atoms with Crippen LogP contribution in [-0.2, 0) is 14.8 Å². The van der Waals surface area contributed by atoms with Crippen molar-refractivity contribution in [1.29, 1.82) is 0 Å². The Morgan fingerprint density at radius 1 is 1.35 bits per heavy atom. The SMILES string of the molecule is CC[C@H](C(=O)NCCSC1CCCC1)N(c1cccc(C)c1)S(C)(=O)=O. The van der Waals surface area contributed by atoms with Crippen molar-refractivity contribution in [3.05, 3.63) is 29.8 Å². The molecule has 0 saturated heterocycles. The molecule has 1 aromatic rings. The molecular formula is C19H30N2O3S2. The summed E-state index contributed by atoms with van der Waals surface area (Å²) in [6.45, 7) is 4.32. The fourth-order valence-electron chi connectivity index (χ4n) is 3.40. The number of thioether (sulfide) groups is 1. The largest absolute Gasteiger partial charge is 0.353 e. The number of rotatable bonds is 9. The van der Waals surface area contributed by atoms with E-state index < -0.39 is 16.1 Å². The van der Waals surface area contributed by atoms with Crippen LogP contribution in [0.3, 0.4) is 0 Å². The molecule has 146 valence electrons. The molecule has 0 heterocycles. The monoisotopic (exact) mass is 398 g/mol. The average molecular weight is 399 g/mol. The Morgan fingerprint density at radius 3 is 2.62 bits per heavy atom. The number of carbonyl (C=O) groups is 1. The van der Waals surface area contributed by atoms with Crippen LogP contribution < -0.4 is 9.62 Å². The molecule has 0 bridgehead atoms. The van der Waals surface area contributed by atoms with Crippen LogP contribution in [0.4, 0.5) is 5.69 Å². The lowest BCUT2D eigenvalue weighted by molar-refractivity contribution is -0.122. The van der Waals surface area contributed by atoms with Gasteiger partial charge in [-0.3, -0.25) is 9.10 Å². The molecule has 0 aromatic heterocycles. The smallest absolute Gasteiger partial charge is 0.243 e. The van der Waals surface area contributed by atoms with E-state index >= 15 is 0 Å². The van der Waals surface area contributed by atoms with Crippen LogP contribution in [0.5, 0.6) is 0 Å². The van der Waals surface area contributed by atoms with E-state index in [1.165, 1.54) is 30.0 Å². The Balaban J connectivity index is 2.02. The van der Waals surface area contributed by atoms with E-state index in [9.17, 15) is 13.2 Å². The van der Waals surface area contributed by atoms with Gasteiger partial charge in [0.05, 0.1) is 11.9 Å². The predicted molar refractivity (Wildman–Crippen MR) is 110 cm³/mol. The van der Waals surface area contributed by atoms with Gasteiger partial charge in [0.2, 0.25) is 15.9 Å². The molecule has 1 atom stereocenters. The summed E-state index contributed by atoms with van der Waals surface area (Å²) in [5.74, 6) is 0.641. The highest BCUT2D eigenvalue weighted by Crippen LogP contribution is 2.29. The van der Waals surface area contributed by atoms with Gasteiger partial charge in [0.15, 0.2) is 0 Å². The van der Waals surface area contributed by atoms with Crippen LogP contribution in [0.2, 0.25) is 0 Å². The van der Waals surface area contributed by atoms with Crippen molar-refractivity contribution < 1.29 is 13.2 Å². The van der Waals surface area contributed by atoms with Gasteiger partial charge in [0.1, 0.15) is 6.04 Å². The number of aryl methyl sites for hydroxylation is 1. The van der Waals surface area contributed by atoms with Crippen molar-refractivity contribution >= 4 is 33.4 Å². The molecule has 0 radical (unpaired) electrons. The lowest BCUT2D eigenvalue weighted by atomic mass is 10.1. The predicted octanol–water partition coefficient (Wildman–Crippen LogP) is 3.33. The summed E-state index contributed by atoms with van der Waals surface area (Å²) in [6, 6.07) is 6.52. The third kappa shape index (κ3) is 5.91. The molecule has 0 aliphatic heterocycles. The van der Waals surface area contributed by atoms with E-state index in [-0.39, 0.29) is 5.91 Å². The van der Waals surface area contributed by atoms with Crippen molar-refractivity contribution in [2.45, 2.75) is 57.2 Å². The fourth-order valence-corrected chi connectivity index (χ4v) is 5.82. The number of sulfonamides is 1. The second-order valence-corrected chi connectivity index (χ2v) is 10.2. The number of benzene rings is 1. The number of hydrogen-bond acceptors (Lipinski definition) is 4. The Kier molecular flexibility index (Phi) is 7.83. The summed E-state index contributed by atoms with van der Waals surface area (Å²) >= 11 is 1.91. The average Bonchev–Trinajstić information content (AvgIpc) is 3.08. The molecule has 2 rings (SSSR count). The van der Waals surface area contributed by atoms with E-state index in [1.54, 1.807) is 12.1 Å². The van der Waals surface area contributed by atoms with Crippen molar-refractivity contribution in [2.24, 2.45) is 0 Å². The molecule has 1 N–H and O–H groups in total. The Labute approximate surface area is 162 Å². The number of amides is 1. The quantitative estimate of drug-likeness (QED) is 0.648. The van der Waals surface area contributed by atoms with Gasteiger partial charge < -0.3 is 5.32 Å². The number of carbonyl (C=O) groups excluding carboxylic acids is 1. The minimum Gasteiger partial charge on any atom is -0.353 e. The third-order valence-electron chi connectivity index (χ3n) is 4.64. The minimum absolute atomic E-state index is 0.230. The van der Waals surface area contributed by atoms with Crippen molar-refractivity contribution in [3.8, 4) is 0 Å². The summed E-state index contributed by atoms with van der Waals surface area (Å²) in [5.41, 5.74) is 1.49. The first-order valence-electron chi connectivity index (χ1n) is 9.28. The first kappa shape index (κ1) is 21.1. The maximum Gasteiger partial charge on any atom is 0.243 e. The third-order valence-corrected chi connectivity index (χ3v) is 7.21. The highest BCUT2D eigenvalue weighted by Gasteiger charge is 2.31. The van der Waals surface area contributed by atoms with Gasteiger partial charge in [-0.05, 0) is 43.9 Å². The lowest BCUT2D eigenvalue weighted by Gasteiger charge is -2.30. The number of nitrogens with one attached hydrogen (secondary N) is 1. The van der Waals surface area contributed by atoms with E-state index in [2.05, 4.69) is 5.32 Å². The van der Waals surface area contributed by atoms with E-state index in [0.29, 0.717) is 23.9 Å². The maximum absolute atomic E-state index is 12.7. The first-order valence-corrected chi connectivity index (χ1v) is 12.2. The maximum atomic E-state index is 12.7. The second-order valence-electron chi connectivity index (χ2n) is 6.89. The minimum atomic E-state index is -3.57. The van der Waals surface area contributed by atoms with Crippen LogP contribution in [0.1, 0.15) is 44.6 Å². The standard InChI is InChI=1S/C19H30N2O3S2/c1-4-18(19(22)20-12-13-25-17-10-5-6-11-17)21(26(3,23)24)16-9-7-8-15(2)14-16/h7-9,14,17-18H,4-6,10-13H2,1-3H3,(H,20,22)/t18-/m1/s1. The Bertz CT molecular complexity index is 700. The first-order chi connectivity index (χ1) is 12.3. The van der Waals surface area contributed by atoms with E-state index in [4.69, 9.17) is 0 Å². The fraction of sp³-hybridized carbons (Fsp3) is 0.632. The molecule has 0 unspecified atom stereocenters. The van der Waals surface area contributed by atoms with Crippen molar-refractivity contribution in [2.75, 3.05) is 22.9 Å². The molecule has 1 fully saturated rings. The molecule has 1 saturated carbocycles. The molecule has 5 nitrogen and oxygen atoms in total. The molecular weight excluding hydrogens is 368 g/mol. The van der Waals surface area contributed by atoms with Crippen LogP contribution in [-0.4, -0.2) is 44.2 Å². The van der Waals surface area contributed by atoms with Crippen LogP contribution >= 0.6 is 11.8 Å². The van der Waals surface area contributed by atoms with Gasteiger partial charge >= 0.3 is 0 Å². The molecule has 1 amide bonds. The van der Waals surface area contributed by atoms with Crippen LogP contribution in [0.25, 0.3) is 0 Å². The summed E-state index contributed by atoms with van der Waals surface area (Å²) in [4.78, 5) is 12.7. The lowest BCUT2D eigenvalue weighted by Crippen LogP contribution is -2.49. The molecule has 1 aliphatic carbocycles. The van der Waals surface area contributed by atoms with Gasteiger partial charge in [-0.1, -0.05) is 31.9 Å². The molecule has 7 heteroatoms. The molecule has 1 aromatic carbocycles. The zero-order valence-electron chi connectivity index (χ0n) is 15.9. The number of nitrogens with zero attached hydrogens (tertiary/aromatic N) is 1. The second kappa shape index (κ2) is 9.65. The van der Waals surface area contributed by atoms with E-state index in [1.807, 2.05) is 37.7 Å². The van der Waals surface area contributed by atoms with Gasteiger partial charge in [-0.15, -0.1) is 0 Å². The van der Waals surface area contributed by atoms with Crippen LogP contribution in [0, 0.1) is 6.92 Å². The topological polar surface area (TPSA) is 66.5 Å². The number of anilines is 1. The highest BCUT2D eigenvalue weighted by molar-refractivity contribution is 7.99. The number of hydrogen-bond donors (Lipinski definition) is 1. The zero-order valence-corrected chi connectivity index (χ0v) is 17.5. The molecule has 0 spiro atoms. The van der Waals surface area contributed by atoms with Crippen molar-refractivity contribution in [3.63, 3.8) is 0 Å². The van der Waals surface area contributed by atoms with Gasteiger partial charge in [0, 0.05) is 17.5 Å². The summed E-state index contributed by atoms with van der Waals surface area (Å²) < 4.78 is 26.0. The Hall–Kier alpha value is -1.21. The summed E-state index contributed by atoms with van der Waals surface area (Å²) in [6.07, 6.45) is 6.73. The van der Waals surface area contributed by atoms with E-state index in [0.717, 1.165) is 17.6 Å². The van der Waals surface area contributed by atoms with Gasteiger partial charge in [0.25, 0.3) is 0 Å². The summed E-state index contributed by atoms with van der Waals surface area (Å²) in [5, 5.41) is 3.65. The molecule has 1 aliphatic rings. The van der Waals surface area contributed by atoms with Gasteiger partial charge in [-0.25, -0.2) is 8.42 Å². The molecule has 26 heavy (non-hydrogen) atoms. The van der Waals surface area contributed by atoms with Crippen molar-refractivity contribution in [1.82, 2.24) is 5.32 Å². The normalized spacial score (nSPS) is 16.4. The Morgan fingerprint density at radius 2 is 2.04 bits per heavy atom. The highest BCUT2D eigenvalue weighted by atomic mass is 32.2. The van der Waals surface area contributed by atoms with Gasteiger partial charge in [-0.2, -0.15) is 11.8 Å². The van der Waals surface area contributed by atoms with Crippen LogP contribution in [0.15, 0.2) is 24.3 Å². The zero-order chi connectivity index (χ0) is 19.2. The summed E-state index contributed by atoms with van der Waals surface area (Å²) in [7, 11) is -3.57.